The van der Waals surface area contributed by atoms with Crippen molar-refractivity contribution in [3.05, 3.63) is 29.3 Å². The van der Waals surface area contributed by atoms with Gasteiger partial charge in [-0.3, -0.25) is 4.79 Å². The van der Waals surface area contributed by atoms with Crippen molar-refractivity contribution in [2.75, 3.05) is 13.2 Å². The Morgan fingerprint density at radius 2 is 1.66 bits per heavy atom. The summed E-state index contributed by atoms with van der Waals surface area (Å²) in [6.07, 6.45) is 15.3. The molecule has 3 rings (SSSR count). The van der Waals surface area contributed by atoms with E-state index < -0.39 is 0 Å². The van der Waals surface area contributed by atoms with Gasteiger partial charge in [0.25, 0.3) is 0 Å². The standard InChI is InChI=1S/C30H45NO4/c1-3-5-7-8-10-11-23-13-18-28(27(19-23)20-31)35-29(32)25-14-16-26(17-15-25)30-33-21-24(22-34-30)12-9-6-4-2/h13,18-19,24-26,30H,3-12,14-17,21-22H2,1-2H3. The number of hydrogen-bond donors (Lipinski definition) is 0. The van der Waals surface area contributed by atoms with Gasteiger partial charge in [-0.25, -0.2) is 0 Å². The Kier molecular flexibility index (Phi) is 12.1. The van der Waals surface area contributed by atoms with E-state index in [1.807, 2.05) is 12.1 Å². The average Bonchev–Trinajstić information content (AvgIpc) is 2.90. The number of ether oxygens (including phenoxy) is 3. The number of carbonyl (C=O) groups excluding carboxylic acids is 1. The number of nitrogens with zero attached hydrogens (tertiary/aromatic N) is 1. The first kappa shape index (κ1) is 27.7. The van der Waals surface area contributed by atoms with Crippen LogP contribution in [0.1, 0.15) is 108 Å². The van der Waals surface area contributed by atoms with Crippen LogP contribution in [-0.4, -0.2) is 25.5 Å². The molecule has 1 heterocycles. The molecule has 1 aliphatic heterocycles. The number of aryl methyl sites for hydroxylation is 1. The second-order valence-corrected chi connectivity index (χ2v) is 10.5. The summed E-state index contributed by atoms with van der Waals surface area (Å²) < 4.78 is 17.8. The first-order valence-corrected chi connectivity index (χ1v) is 14.1. The van der Waals surface area contributed by atoms with Gasteiger partial charge in [0.1, 0.15) is 11.8 Å². The van der Waals surface area contributed by atoms with Gasteiger partial charge in [-0.1, -0.05) is 64.9 Å². The van der Waals surface area contributed by atoms with Crippen molar-refractivity contribution in [2.45, 2.75) is 110 Å². The molecular weight excluding hydrogens is 438 g/mol. The Balaban J connectivity index is 1.41. The molecule has 1 aromatic carbocycles. The highest BCUT2D eigenvalue weighted by Crippen LogP contribution is 2.35. The Hall–Kier alpha value is -1.90. The first-order chi connectivity index (χ1) is 17.1. The van der Waals surface area contributed by atoms with E-state index in [9.17, 15) is 10.1 Å². The summed E-state index contributed by atoms with van der Waals surface area (Å²) >= 11 is 0. The van der Waals surface area contributed by atoms with Gasteiger partial charge in [-0.05, 0) is 62.6 Å². The summed E-state index contributed by atoms with van der Waals surface area (Å²) in [5, 5.41) is 9.60. The smallest absolute Gasteiger partial charge is 0.314 e. The number of hydrogen-bond acceptors (Lipinski definition) is 5. The Morgan fingerprint density at radius 3 is 2.34 bits per heavy atom. The molecule has 35 heavy (non-hydrogen) atoms. The largest absolute Gasteiger partial charge is 0.425 e. The van der Waals surface area contributed by atoms with Crippen LogP contribution >= 0.6 is 0 Å². The zero-order valence-corrected chi connectivity index (χ0v) is 21.9. The normalized spacial score (nSPS) is 24.6. The summed E-state index contributed by atoms with van der Waals surface area (Å²) in [4.78, 5) is 12.8. The maximum absolute atomic E-state index is 12.8. The number of nitriles is 1. The van der Waals surface area contributed by atoms with Crippen molar-refractivity contribution in [3.63, 3.8) is 0 Å². The summed E-state index contributed by atoms with van der Waals surface area (Å²) in [6, 6.07) is 7.88. The Morgan fingerprint density at radius 1 is 0.971 bits per heavy atom. The lowest BCUT2D eigenvalue weighted by Gasteiger charge is -2.37. The third-order valence-electron chi connectivity index (χ3n) is 7.64. The molecule has 0 atom stereocenters. The van der Waals surface area contributed by atoms with E-state index in [0.29, 0.717) is 23.1 Å². The van der Waals surface area contributed by atoms with Crippen molar-refractivity contribution in [3.8, 4) is 11.8 Å². The topological polar surface area (TPSA) is 68.6 Å². The van der Waals surface area contributed by atoms with Gasteiger partial charge in [0.2, 0.25) is 0 Å². The van der Waals surface area contributed by atoms with Crippen LogP contribution in [0.15, 0.2) is 18.2 Å². The molecule has 1 saturated carbocycles. The predicted molar refractivity (Wildman–Crippen MR) is 138 cm³/mol. The molecule has 5 heteroatoms. The van der Waals surface area contributed by atoms with E-state index >= 15 is 0 Å². The van der Waals surface area contributed by atoms with Crippen LogP contribution in [0, 0.1) is 29.1 Å². The molecule has 1 saturated heterocycles. The molecule has 0 N–H and O–H groups in total. The van der Waals surface area contributed by atoms with Gasteiger partial charge in [0.15, 0.2) is 6.29 Å². The van der Waals surface area contributed by atoms with Gasteiger partial charge in [0.05, 0.1) is 24.7 Å². The molecular formula is C30H45NO4. The lowest BCUT2D eigenvalue weighted by Crippen LogP contribution is -2.39. The van der Waals surface area contributed by atoms with Crippen LogP contribution in [0.4, 0.5) is 0 Å². The molecule has 2 aliphatic rings. The molecule has 0 bridgehead atoms. The second kappa shape index (κ2) is 15.3. The molecule has 1 aromatic rings. The molecule has 194 valence electrons. The Bertz CT molecular complexity index is 801. The minimum atomic E-state index is -0.214. The number of unbranched alkanes of at least 4 members (excludes halogenated alkanes) is 6. The lowest BCUT2D eigenvalue weighted by atomic mass is 9.81. The van der Waals surface area contributed by atoms with E-state index in [2.05, 4.69) is 19.9 Å². The van der Waals surface area contributed by atoms with Gasteiger partial charge >= 0.3 is 5.97 Å². The van der Waals surface area contributed by atoms with Crippen LogP contribution in [0.25, 0.3) is 0 Å². The summed E-state index contributed by atoms with van der Waals surface area (Å²) in [5.41, 5.74) is 1.59. The number of rotatable bonds is 13. The fraction of sp³-hybridized carbons (Fsp3) is 0.733. The highest BCUT2D eigenvalue weighted by Gasteiger charge is 2.35. The van der Waals surface area contributed by atoms with Crippen LogP contribution in [0.2, 0.25) is 0 Å². The third-order valence-corrected chi connectivity index (χ3v) is 7.64. The molecule has 0 amide bonds. The van der Waals surface area contributed by atoms with E-state index in [1.54, 1.807) is 6.07 Å². The van der Waals surface area contributed by atoms with E-state index in [4.69, 9.17) is 14.2 Å². The second-order valence-electron chi connectivity index (χ2n) is 10.5. The lowest BCUT2D eigenvalue weighted by molar-refractivity contribution is -0.230. The highest BCUT2D eigenvalue weighted by molar-refractivity contribution is 5.76. The van der Waals surface area contributed by atoms with Crippen molar-refractivity contribution in [1.82, 2.24) is 0 Å². The first-order valence-electron chi connectivity index (χ1n) is 14.1. The molecule has 5 nitrogen and oxygen atoms in total. The quantitative estimate of drug-likeness (QED) is 0.167. The SMILES string of the molecule is CCCCCCCc1ccc(OC(=O)C2CCC(C3OCC(CCCCC)CO3)CC2)c(C#N)c1. The fourth-order valence-corrected chi connectivity index (χ4v) is 5.34. The minimum absolute atomic E-state index is 0.124. The molecule has 0 spiro atoms. The van der Waals surface area contributed by atoms with Gasteiger partial charge < -0.3 is 14.2 Å². The van der Waals surface area contributed by atoms with Gasteiger partial charge in [-0.15, -0.1) is 0 Å². The predicted octanol–water partition coefficient (Wildman–Crippen LogP) is 7.35. The van der Waals surface area contributed by atoms with Crippen molar-refractivity contribution in [2.24, 2.45) is 17.8 Å². The fourth-order valence-electron chi connectivity index (χ4n) is 5.34. The molecule has 1 aliphatic carbocycles. The molecule has 0 unspecified atom stereocenters. The highest BCUT2D eigenvalue weighted by atomic mass is 16.7. The zero-order chi connectivity index (χ0) is 24.9. The molecule has 0 radical (unpaired) electrons. The van der Waals surface area contributed by atoms with Crippen LogP contribution < -0.4 is 4.74 Å². The van der Waals surface area contributed by atoms with Crippen LogP contribution in [0.5, 0.6) is 5.75 Å². The summed E-state index contributed by atoms with van der Waals surface area (Å²) in [7, 11) is 0. The van der Waals surface area contributed by atoms with Crippen molar-refractivity contribution < 1.29 is 19.0 Å². The minimum Gasteiger partial charge on any atom is -0.425 e. The monoisotopic (exact) mass is 483 g/mol. The number of carbonyl (C=O) groups is 1. The van der Waals surface area contributed by atoms with Gasteiger partial charge in [-0.2, -0.15) is 5.26 Å². The van der Waals surface area contributed by atoms with Crippen molar-refractivity contribution in [1.29, 1.82) is 5.26 Å². The van der Waals surface area contributed by atoms with E-state index in [-0.39, 0.29) is 18.2 Å². The summed E-state index contributed by atoms with van der Waals surface area (Å²) in [6.45, 7) is 6.03. The number of benzene rings is 1. The van der Waals surface area contributed by atoms with Crippen molar-refractivity contribution >= 4 is 5.97 Å². The van der Waals surface area contributed by atoms with Gasteiger partial charge in [0, 0.05) is 11.8 Å². The van der Waals surface area contributed by atoms with Crippen LogP contribution in [-0.2, 0) is 20.7 Å². The summed E-state index contributed by atoms with van der Waals surface area (Å²) in [5.74, 6) is 0.922. The maximum Gasteiger partial charge on any atom is 0.314 e. The third kappa shape index (κ3) is 8.92. The zero-order valence-electron chi connectivity index (χ0n) is 21.9. The maximum atomic E-state index is 12.8. The molecule has 0 aromatic heterocycles. The Labute approximate surface area is 212 Å². The molecule has 2 fully saturated rings. The van der Waals surface area contributed by atoms with E-state index in [1.165, 1.54) is 51.4 Å². The van der Waals surface area contributed by atoms with Crippen LogP contribution in [0.3, 0.4) is 0 Å². The average molecular weight is 484 g/mol. The number of esters is 1. The van der Waals surface area contributed by atoms with E-state index in [0.717, 1.165) is 57.3 Å².